The number of ether oxygens (including phenoxy) is 2. The summed E-state index contributed by atoms with van der Waals surface area (Å²) in [5.74, 6) is 1.27. The van der Waals surface area contributed by atoms with Crippen LogP contribution < -0.4 is 14.8 Å². The van der Waals surface area contributed by atoms with Crippen LogP contribution in [0.5, 0.6) is 11.5 Å². The van der Waals surface area contributed by atoms with Crippen molar-refractivity contribution in [3.8, 4) is 11.5 Å². The zero-order valence-electron chi connectivity index (χ0n) is 21.7. The first-order chi connectivity index (χ1) is 18.0. The molecule has 1 aliphatic heterocycles. The van der Waals surface area contributed by atoms with Gasteiger partial charge < -0.3 is 19.7 Å². The quantitative estimate of drug-likeness (QED) is 0.347. The molecule has 0 spiro atoms. The van der Waals surface area contributed by atoms with E-state index < -0.39 is 6.04 Å². The molecule has 3 aromatic rings. The molecule has 0 aromatic heterocycles. The van der Waals surface area contributed by atoms with Crippen LogP contribution in [0.2, 0.25) is 0 Å². The summed E-state index contributed by atoms with van der Waals surface area (Å²) >= 11 is 0. The Balaban J connectivity index is 1.57. The van der Waals surface area contributed by atoms with Gasteiger partial charge in [0.15, 0.2) is 11.5 Å². The normalized spacial score (nSPS) is 12.7. The first-order valence-electron chi connectivity index (χ1n) is 13.1. The third-order valence-corrected chi connectivity index (χ3v) is 6.64. The van der Waals surface area contributed by atoms with Crippen LogP contribution in [-0.2, 0) is 29.0 Å². The molecule has 1 atom stereocenters. The lowest BCUT2D eigenvalue weighted by Gasteiger charge is -2.32. The van der Waals surface area contributed by atoms with Crippen molar-refractivity contribution in [3.63, 3.8) is 0 Å². The van der Waals surface area contributed by atoms with Crippen LogP contribution in [0.1, 0.15) is 48.4 Å². The van der Waals surface area contributed by atoms with Crippen molar-refractivity contribution in [2.24, 2.45) is 0 Å². The topological polar surface area (TPSA) is 67.9 Å². The van der Waals surface area contributed by atoms with Crippen LogP contribution in [0.15, 0.2) is 72.8 Å². The van der Waals surface area contributed by atoms with E-state index >= 15 is 0 Å². The summed E-state index contributed by atoms with van der Waals surface area (Å²) in [5, 5.41) is 3.07. The number of carbonyl (C=O) groups excluding carboxylic acids is 2. The molecule has 3 aromatic carbocycles. The van der Waals surface area contributed by atoms with Crippen LogP contribution in [0, 0.1) is 6.92 Å². The number of unbranched alkanes of at least 4 members (excludes halogenated alkanes) is 1. The highest BCUT2D eigenvalue weighted by Gasteiger charge is 2.30. The van der Waals surface area contributed by atoms with Gasteiger partial charge in [-0.15, -0.1) is 0 Å². The Kier molecular flexibility index (Phi) is 9.19. The third kappa shape index (κ3) is 7.35. The summed E-state index contributed by atoms with van der Waals surface area (Å²) in [5.41, 5.74) is 4.18. The molecule has 0 radical (unpaired) electrons. The van der Waals surface area contributed by atoms with Crippen molar-refractivity contribution >= 4 is 11.8 Å². The van der Waals surface area contributed by atoms with E-state index in [-0.39, 0.29) is 18.6 Å². The molecule has 4 rings (SSSR count). The average Bonchev–Trinajstić information content (AvgIpc) is 3.39. The molecule has 0 aliphatic carbocycles. The molecular formula is C31H36N2O4. The van der Waals surface area contributed by atoms with Gasteiger partial charge in [0.1, 0.15) is 6.04 Å². The van der Waals surface area contributed by atoms with Crippen molar-refractivity contribution < 1.29 is 19.1 Å². The standard InChI is InChI=1S/C31H36N2O4/c1-3-4-18-32-31(35)27(19-24-8-6-5-7-9-24)33(21-26-12-10-23(2)11-13-26)30(34)17-15-25-14-16-28-29(20-25)37-22-36-28/h5-14,16,20,27H,3-4,15,17-19,21-22H2,1-2H3,(H,32,35). The number of hydrogen-bond donors (Lipinski definition) is 1. The van der Waals surface area contributed by atoms with E-state index in [4.69, 9.17) is 9.47 Å². The van der Waals surface area contributed by atoms with Gasteiger partial charge in [-0.2, -0.15) is 0 Å². The predicted octanol–water partition coefficient (Wildman–Crippen LogP) is 5.21. The summed E-state index contributed by atoms with van der Waals surface area (Å²) in [4.78, 5) is 29.0. The van der Waals surface area contributed by atoms with E-state index in [1.807, 2.05) is 79.7 Å². The zero-order chi connectivity index (χ0) is 26.0. The Labute approximate surface area is 219 Å². The number of amides is 2. The number of fused-ring (bicyclic) bond motifs is 1. The maximum Gasteiger partial charge on any atom is 0.243 e. The van der Waals surface area contributed by atoms with Crippen LogP contribution in [0.3, 0.4) is 0 Å². The van der Waals surface area contributed by atoms with Crippen LogP contribution >= 0.6 is 0 Å². The minimum atomic E-state index is -0.607. The van der Waals surface area contributed by atoms with Gasteiger partial charge >= 0.3 is 0 Å². The molecule has 0 saturated heterocycles. The van der Waals surface area contributed by atoms with Gasteiger partial charge in [-0.3, -0.25) is 9.59 Å². The zero-order valence-corrected chi connectivity index (χ0v) is 21.7. The Morgan fingerprint density at radius 2 is 1.65 bits per heavy atom. The molecule has 6 heteroatoms. The van der Waals surface area contributed by atoms with Crippen molar-refractivity contribution in [3.05, 3.63) is 95.1 Å². The first kappa shape index (κ1) is 26.3. The lowest BCUT2D eigenvalue weighted by atomic mass is 10.0. The SMILES string of the molecule is CCCCNC(=O)C(Cc1ccccc1)N(Cc1ccc(C)cc1)C(=O)CCc1ccc2c(c1)OCO2. The van der Waals surface area contributed by atoms with Crippen molar-refractivity contribution in [2.75, 3.05) is 13.3 Å². The van der Waals surface area contributed by atoms with E-state index in [9.17, 15) is 9.59 Å². The molecule has 2 amide bonds. The van der Waals surface area contributed by atoms with E-state index in [2.05, 4.69) is 12.2 Å². The van der Waals surface area contributed by atoms with Gasteiger partial charge in [-0.1, -0.05) is 79.6 Å². The average molecular weight is 501 g/mol. The third-order valence-electron chi connectivity index (χ3n) is 6.64. The number of nitrogens with zero attached hydrogens (tertiary/aromatic N) is 1. The molecule has 6 nitrogen and oxygen atoms in total. The molecule has 1 heterocycles. The molecule has 0 fully saturated rings. The lowest BCUT2D eigenvalue weighted by Crippen LogP contribution is -2.50. The van der Waals surface area contributed by atoms with Crippen molar-refractivity contribution in [2.45, 2.75) is 58.5 Å². The first-order valence-corrected chi connectivity index (χ1v) is 13.1. The van der Waals surface area contributed by atoms with Crippen LogP contribution in [0.4, 0.5) is 0 Å². The lowest BCUT2D eigenvalue weighted by molar-refractivity contribution is -0.141. The highest BCUT2D eigenvalue weighted by molar-refractivity contribution is 5.88. The summed E-state index contributed by atoms with van der Waals surface area (Å²) in [6, 6.07) is 23.2. The number of rotatable bonds is 12. The van der Waals surface area contributed by atoms with Crippen LogP contribution in [0.25, 0.3) is 0 Å². The Hall–Kier alpha value is -3.80. The summed E-state index contributed by atoms with van der Waals surface area (Å²) in [6.07, 6.45) is 3.19. The van der Waals surface area contributed by atoms with Gasteiger partial charge in [0.25, 0.3) is 0 Å². The summed E-state index contributed by atoms with van der Waals surface area (Å²) < 4.78 is 10.9. The van der Waals surface area contributed by atoms with Crippen LogP contribution in [-0.4, -0.2) is 36.1 Å². The minimum Gasteiger partial charge on any atom is -0.454 e. The molecule has 194 valence electrons. The summed E-state index contributed by atoms with van der Waals surface area (Å²) in [7, 11) is 0. The molecule has 1 unspecified atom stereocenters. The molecule has 1 N–H and O–H groups in total. The molecule has 0 bridgehead atoms. The molecule has 0 saturated carbocycles. The maximum atomic E-state index is 13.8. The second kappa shape index (κ2) is 12.9. The molecule has 1 aliphatic rings. The van der Waals surface area contributed by atoms with Gasteiger partial charge in [-0.25, -0.2) is 0 Å². The fraction of sp³-hybridized carbons (Fsp3) is 0.355. The van der Waals surface area contributed by atoms with Crippen molar-refractivity contribution in [1.82, 2.24) is 10.2 Å². The Morgan fingerprint density at radius 1 is 0.919 bits per heavy atom. The smallest absolute Gasteiger partial charge is 0.243 e. The Morgan fingerprint density at radius 3 is 2.41 bits per heavy atom. The fourth-order valence-electron chi connectivity index (χ4n) is 4.44. The monoisotopic (exact) mass is 500 g/mol. The van der Waals surface area contributed by atoms with E-state index in [1.165, 1.54) is 0 Å². The molecule has 37 heavy (non-hydrogen) atoms. The number of nitrogens with one attached hydrogen (secondary N) is 1. The molecular weight excluding hydrogens is 464 g/mol. The summed E-state index contributed by atoms with van der Waals surface area (Å²) in [6.45, 7) is 5.33. The van der Waals surface area contributed by atoms with Gasteiger partial charge in [0, 0.05) is 25.9 Å². The van der Waals surface area contributed by atoms with Gasteiger partial charge in [0.2, 0.25) is 18.6 Å². The van der Waals surface area contributed by atoms with Crippen molar-refractivity contribution in [1.29, 1.82) is 0 Å². The maximum absolute atomic E-state index is 13.8. The second-order valence-corrected chi connectivity index (χ2v) is 9.54. The highest BCUT2D eigenvalue weighted by atomic mass is 16.7. The van der Waals surface area contributed by atoms with Gasteiger partial charge in [0.05, 0.1) is 0 Å². The Bertz CT molecular complexity index is 1180. The van der Waals surface area contributed by atoms with E-state index in [0.29, 0.717) is 38.1 Å². The fourth-order valence-corrected chi connectivity index (χ4v) is 4.44. The van der Waals surface area contributed by atoms with Gasteiger partial charge in [-0.05, 0) is 48.6 Å². The van der Waals surface area contributed by atoms with E-state index in [1.54, 1.807) is 4.90 Å². The number of aryl methyl sites for hydroxylation is 2. The predicted molar refractivity (Wildman–Crippen MR) is 144 cm³/mol. The second-order valence-electron chi connectivity index (χ2n) is 9.54. The highest BCUT2D eigenvalue weighted by Crippen LogP contribution is 2.33. The van der Waals surface area contributed by atoms with E-state index in [0.717, 1.165) is 40.8 Å². The number of hydrogen-bond acceptors (Lipinski definition) is 4. The number of carbonyl (C=O) groups is 2. The number of benzene rings is 3. The largest absolute Gasteiger partial charge is 0.454 e. The minimum absolute atomic E-state index is 0.0511.